The zero-order chi connectivity index (χ0) is 19.2. The molecule has 4 nitrogen and oxygen atoms in total. The van der Waals surface area contributed by atoms with E-state index in [9.17, 15) is 18.0 Å². The molecular weight excluding hydrogens is 347 g/mol. The van der Waals surface area contributed by atoms with E-state index in [2.05, 4.69) is 5.32 Å². The van der Waals surface area contributed by atoms with Gasteiger partial charge in [0.25, 0.3) is 5.91 Å². The number of para-hydroxylation sites is 1. The average Bonchev–Trinajstić information content (AvgIpc) is 2.59. The monoisotopic (exact) mass is 367 g/mol. The smallest absolute Gasteiger partial charge is 0.422 e. The average molecular weight is 367 g/mol. The van der Waals surface area contributed by atoms with Gasteiger partial charge in [-0.3, -0.25) is 4.79 Å². The first-order valence-corrected chi connectivity index (χ1v) is 8.09. The van der Waals surface area contributed by atoms with E-state index < -0.39 is 12.8 Å². The molecule has 7 heteroatoms. The number of benzene rings is 2. The first-order valence-electron chi connectivity index (χ1n) is 8.09. The number of halogens is 3. The van der Waals surface area contributed by atoms with Gasteiger partial charge in [0.15, 0.2) is 6.61 Å². The molecular formula is C19H20F3NO3. The summed E-state index contributed by atoms with van der Waals surface area (Å²) in [6.07, 6.45) is -4.39. The van der Waals surface area contributed by atoms with Gasteiger partial charge in [0.05, 0.1) is 5.56 Å². The van der Waals surface area contributed by atoms with Crippen LogP contribution in [0, 0.1) is 6.92 Å². The fourth-order valence-electron chi connectivity index (χ4n) is 2.32. The molecule has 1 N–H and O–H groups in total. The SMILES string of the molecule is CCNC(=O)c1cccc(C)c1OCc1cccc(OCC(F)(F)F)c1. The molecule has 0 spiro atoms. The minimum atomic E-state index is -4.39. The van der Waals surface area contributed by atoms with Gasteiger partial charge in [-0.05, 0) is 43.2 Å². The van der Waals surface area contributed by atoms with Crippen molar-refractivity contribution in [1.82, 2.24) is 5.32 Å². The van der Waals surface area contributed by atoms with E-state index in [1.165, 1.54) is 12.1 Å². The molecule has 0 bridgehead atoms. The molecule has 0 heterocycles. The van der Waals surface area contributed by atoms with Crippen LogP contribution >= 0.6 is 0 Å². The normalized spacial score (nSPS) is 11.1. The topological polar surface area (TPSA) is 47.6 Å². The van der Waals surface area contributed by atoms with Crippen molar-refractivity contribution < 1.29 is 27.4 Å². The van der Waals surface area contributed by atoms with Gasteiger partial charge in [0.1, 0.15) is 18.1 Å². The Hall–Kier alpha value is -2.70. The number of amides is 1. The summed E-state index contributed by atoms with van der Waals surface area (Å²) < 4.78 is 47.3. The third-order valence-electron chi connectivity index (χ3n) is 3.48. The van der Waals surface area contributed by atoms with E-state index in [-0.39, 0.29) is 18.3 Å². The molecule has 2 aromatic rings. The third-order valence-corrected chi connectivity index (χ3v) is 3.48. The summed E-state index contributed by atoms with van der Waals surface area (Å²) in [5.74, 6) is 0.311. The van der Waals surface area contributed by atoms with Crippen LogP contribution in [0.15, 0.2) is 42.5 Å². The summed E-state index contributed by atoms with van der Waals surface area (Å²) in [6, 6.07) is 11.5. The van der Waals surface area contributed by atoms with Crippen molar-refractivity contribution in [3.63, 3.8) is 0 Å². The molecule has 2 aromatic carbocycles. The highest BCUT2D eigenvalue weighted by molar-refractivity contribution is 5.97. The van der Waals surface area contributed by atoms with Crippen molar-refractivity contribution in [2.75, 3.05) is 13.2 Å². The zero-order valence-electron chi connectivity index (χ0n) is 14.5. The van der Waals surface area contributed by atoms with Gasteiger partial charge in [-0.15, -0.1) is 0 Å². The van der Waals surface area contributed by atoms with Crippen LogP contribution in [-0.2, 0) is 6.61 Å². The number of carbonyl (C=O) groups excluding carboxylic acids is 1. The van der Waals surface area contributed by atoms with Gasteiger partial charge in [-0.2, -0.15) is 13.2 Å². The Morgan fingerprint density at radius 3 is 2.54 bits per heavy atom. The van der Waals surface area contributed by atoms with Crippen molar-refractivity contribution in [3.05, 3.63) is 59.2 Å². The van der Waals surface area contributed by atoms with Gasteiger partial charge < -0.3 is 14.8 Å². The molecule has 0 aliphatic carbocycles. The zero-order valence-corrected chi connectivity index (χ0v) is 14.5. The van der Waals surface area contributed by atoms with Crippen molar-refractivity contribution >= 4 is 5.91 Å². The number of nitrogens with one attached hydrogen (secondary N) is 1. The van der Waals surface area contributed by atoms with Crippen molar-refractivity contribution in [1.29, 1.82) is 0 Å². The summed E-state index contributed by atoms with van der Waals surface area (Å²) in [4.78, 5) is 12.1. The molecule has 0 aromatic heterocycles. The minimum absolute atomic E-state index is 0.0977. The molecule has 1 amide bonds. The first kappa shape index (κ1) is 19.6. The van der Waals surface area contributed by atoms with Crippen molar-refractivity contribution in [3.8, 4) is 11.5 Å². The lowest BCUT2D eigenvalue weighted by Crippen LogP contribution is -2.23. The summed E-state index contributed by atoms with van der Waals surface area (Å²) >= 11 is 0. The molecule has 0 aliphatic heterocycles. The lowest BCUT2D eigenvalue weighted by atomic mass is 10.1. The Bertz CT molecular complexity index is 760. The highest BCUT2D eigenvalue weighted by Crippen LogP contribution is 2.25. The number of hydrogen-bond acceptors (Lipinski definition) is 3. The summed E-state index contributed by atoms with van der Waals surface area (Å²) in [6.45, 7) is 2.88. The first-order chi connectivity index (χ1) is 12.3. The van der Waals surface area contributed by atoms with E-state index >= 15 is 0 Å². The van der Waals surface area contributed by atoms with Gasteiger partial charge in [0, 0.05) is 6.54 Å². The Morgan fingerprint density at radius 2 is 1.85 bits per heavy atom. The standard InChI is InChI=1S/C19H20F3NO3/c1-3-23-18(24)16-9-4-6-13(2)17(16)25-11-14-7-5-8-15(10-14)26-12-19(20,21)22/h4-10H,3,11-12H2,1-2H3,(H,23,24). The number of aryl methyl sites for hydroxylation is 1. The van der Waals surface area contributed by atoms with Crippen molar-refractivity contribution in [2.24, 2.45) is 0 Å². The number of alkyl halides is 3. The Morgan fingerprint density at radius 1 is 1.12 bits per heavy atom. The van der Waals surface area contributed by atoms with Crippen LogP contribution in [0.25, 0.3) is 0 Å². The van der Waals surface area contributed by atoms with Crippen LogP contribution in [0.5, 0.6) is 11.5 Å². The van der Waals surface area contributed by atoms with E-state index in [4.69, 9.17) is 9.47 Å². The van der Waals surface area contributed by atoms with Crippen LogP contribution in [0.2, 0.25) is 0 Å². The Kier molecular flexibility index (Phi) is 6.49. The van der Waals surface area contributed by atoms with Gasteiger partial charge in [-0.25, -0.2) is 0 Å². The molecule has 0 fully saturated rings. The second-order valence-corrected chi connectivity index (χ2v) is 5.65. The maximum absolute atomic E-state index is 12.3. The van der Waals surface area contributed by atoms with Crippen LogP contribution in [0.4, 0.5) is 13.2 Å². The van der Waals surface area contributed by atoms with Gasteiger partial charge >= 0.3 is 6.18 Å². The number of carbonyl (C=O) groups is 1. The van der Waals surface area contributed by atoms with Gasteiger partial charge in [-0.1, -0.05) is 24.3 Å². The molecule has 26 heavy (non-hydrogen) atoms. The fourth-order valence-corrected chi connectivity index (χ4v) is 2.32. The second-order valence-electron chi connectivity index (χ2n) is 5.65. The van der Waals surface area contributed by atoms with Crippen LogP contribution in [0.1, 0.15) is 28.4 Å². The van der Waals surface area contributed by atoms with Crippen LogP contribution < -0.4 is 14.8 Å². The van der Waals surface area contributed by atoms with E-state index in [0.717, 1.165) is 5.56 Å². The summed E-state index contributed by atoms with van der Waals surface area (Å²) in [7, 11) is 0. The number of rotatable bonds is 7. The van der Waals surface area contributed by atoms with E-state index in [0.29, 0.717) is 23.4 Å². The third kappa shape index (κ3) is 5.68. The Balaban J connectivity index is 2.11. The van der Waals surface area contributed by atoms with Crippen LogP contribution in [0.3, 0.4) is 0 Å². The van der Waals surface area contributed by atoms with Crippen molar-refractivity contribution in [2.45, 2.75) is 26.6 Å². The summed E-state index contributed by atoms with van der Waals surface area (Å²) in [5, 5.41) is 2.72. The predicted octanol–water partition coefficient (Wildman–Crippen LogP) is 4.26. The molecule has 0 saturated carbocycles. The maximum atomic E-state index is 12.3. The Labute approximate surface area is 149 Å². The van der Waals surface area contributed by atoms with E-state index in [1.54, 1.807) is 24.3 Å². The lowest BCUT2D eigenvalue weighted by Gasteiger charge is -2.14. The van der Waals surface area contributed by atoms with Gasteiger partial charge in [0.2, 0.25) is 0 Å². The highest BCUT2D eigenvalue weighted by atomic mass is 19.4. The quantitative estimate of drug-likeness (QED) is 0.795. The largest absolute Gasteiger partial charge is 0.488 e. The molecule has 0 atom stereocenters. The molecule has 0 saturated heterocycles. The number of ether oxygens (including phenoxy) is 2. The van der Waals surface area contributed by atoms with E-state index in [1.807, 2.05) is 19.9 Å². The predicted molar refractivity (Wildman–Crippen MR) is 91.5 cm³/mol. The highest BCUT2D eigenvalue weighted by Gasteiger charge is 2.28. The molecule has 0 unspecified atom stereocenters. The van der Waals surface area contributed by atoms with Crippen LogP contribution in [-0.4, -0.2) is 25.2 Å². The molecule has 2 rings (SSSR count). The molecule has 0 radical (unpaired) electrons. The molecule has 0 aliphatic rings. The lowest BCUT2D eigenvalue weighted by molar-refractivity contribution is -0.153. The summed E-state index contributed by atoms with van der Waals surface area (Å²) in [5.41, 5.74) is 1.84. The number of hydrogen-bond donors (Lipinski definition) is 1. The molecule has 140 valence electrons. The maximum Gasteiger partial charge on any atom is 0.422 e. The minimum Gasteiger partial charge on any atom is -0.488 e. The second kappa shape index (κ2) is 8.60. The fraction of sp³-hybridized carbons (Fsp3) is 0.316.